The van der Waals surface area contributed by atoms with E-state index >= 15 is 0 Å². The van der Waals surface area contributed by atoms with Crippen molar-refractivity contribution in [1.82, 2.24) is 0 Å². The number of unbranched alkanes of at least 4 members (excludes halogenated alkanes) is 2. The van der Waals surface area contributed by atoms with E-state index in [4.69, 9.17) is 10.4 Å². The second-order valence-electron chi connectivity index (χ2n) is 3.83. The molecule has 1 aromatic carbocycles. The zero-order valence-corrected chi connectivity index (χ0v) is 9.69. The highest BCUT2D eigenvalue weighted by atomic mass is 16.2. The van der Waals surface area contributed by atoms with Crippen LogP contribution in [0.1, 0.15) is 24.8 Å². The molecule has 0 aliphatic heterocycles. The Kier molecular flexibility index (Phi) is 5.38. The molecule has 16 heavy (non-hydrogen) atoms. The van der Waals surface area contributed by atoms with Crippen molar-refractivity contribution >= 4 is 5.69 Å². The SMILES string of the molecule is CN(CCCCCO)c1ccccc1C#N. The van der Waals surface area contributed by atoms with Crippen LogP contribution >= 0.6 is 0 Å². The standard InChI is InChI=1S/C13H18N2O/c1-15(9-5-2-6-10-16)13-8-4-3-7-12(13)11-14/h3-4,7-8,16H,2,5-6,9-10H2,1H3. The second kappa shape index (κ2) is 6.86. The second-order valence-corrected chi connectivity index (χ2v) is 3.83. The lowest BCUT2D eigenvalue weighted by Gasteiger charge is -2.20. The van der Waals surface area contributed by atoms with Gasteiger partial charge in [0.25, 0.3) is 0 Å². The zero-order valence-electron chi connectivity index (χ0n) is 9.69. The van der Waals surface area contributed by atoms with E-state index in [0.29, 0.717) is 5.56 Å². The fraction of sp³-hybridized carbons (Fsp3) is 0.462. The maximum Gasteiger partial charge on any atom is 0.101 e. The van der Waals surface area contributed by atoms with Crippen molar-refractivity contribution in [1.29, 1.82) is 5.26 Å². The minimum absolute atomic E-state index is 0.262. The van der Waals surface area contributed by atoms with Crippen LogP contribution in [-0.2, 0) is 0 Å². The van der Waals surface area contributed by atoms with Gasteiger partial charge in [-0.05, 0) is 31.4 Å². The largest absolute Gasteiger partial charge is 0.396 e. The van der Waals surface area contributed by atoms with E-state index < -0.39 is 0 Å². The third-order valence-corrected chi connectivity index (χ3v) is 2.59. The fourth-order valence-corrected chi connectivity index (χ4v) is 1.66. The number of nitrogens with zero attached hydrogens (tertiary/aromatic N) is 2. The molecule has 0 radical (unpaired) electrons. The Morgan fingerprint density at radius 3 is 2.69 bits per heavy atom. The molecule has 0 unspecified atom stereocenters. The van der Waals surface area contributed by atoms with Crippen LogP contribution in [0, 0.1) is 11.3 Å². The van der Waals surface area contributed by atoms with Gasteiger partial charge in [-0.1, -0.05) is 12.1 Å². The van der Waals surface area contributed by atoms with Crippen molar-refractivity contribution in [3.63, 3.8) is 0 Å². The third kappa shape index (κ3) is 3.56. The van der Waals surface area contributed by atoms with Crippen LogP contribution in [0.3, 0.4) is 0 Å². The van der Waals surface area contributed by atoms with Crippen molar-refractivity contribution in [2.45, 2.75) is 19.3 Å². The van der Waals surface area contributed by atoms with Crippen LogP contribution in [-0.4, -0.2) is 25.3 Å². The molecule has 0 heterocycles. The van der Waals surface area contributed by atoms with Gasteiger partial charge in [-0.25, -0.2) is 0 Å². The van der Waals surface area contributed by atoms with E-state index in [-0.39, 0.29) is 6.61 Å². The Hall–Kier alpha value is -1.53. The average molecular weight is 218 g/mol. The molecule has 0 saturated heterocycles. The van der Waals surface area contributed by atoms with Gasteiger partial charge in [-0.15, -0.1) is 0 Å². The molecule has 0 atom stereocenters. The molecule has 1 aromatic rings. The molecule has 1 rings (SSSR count). The molecular formula is C13H18N2O. The molecule has 0 saturated carbocycles. The summed E-state index contributed by atoms with van der Waals surface area (Å²) >= 11 is 0. The van der Waals surface area contributed by atoms with Gasteiger partial charge in [-0.2, -0.15) is 5.26 Å². The van der Waals surface area contributed by atoms with E-state index in [0.717, 1.165) is 31.5 Å². The Morgan fingerprint density at radius 1 is 1.25 bits per heavy atom. The Morgan fingerprint density at radius 2 is 2.00 bits per heavy atom. The number of hydrogen-bond acceptors (Lipinski definition) is 3. The topological polar surface area (TPSA) is 47.3 Å². The van der Waals surface area contributed by atoms with Crippen LogP contribution in [0.2, 0.25) is 0 Å². The smallest absolute Gasteiger partial charge is 0.101 e. The molecule has 86 valence electrons. The van der Waals surface area contributed by atoms with Gasteiger partial charge in [0.05, 0.1) is 11.3 Å². The van der Waals surface area contributed by atoms with Crippen LogP contribution in [0.15, 0.2) is 24.3 Å². The first-order valence-corrected chi connectivity index (χ1v) is 5.60. The van der Waals surface area contributed by atoms with Gasteiger partial charge in [0.2, 0.25) is 0 Å². The van der Waals surface area contributed by atoms with E-state index in [2.05, 4.69) is 11.0 Å². The summed E-state index contributed by atoms with van der Waals surface area (Å²) < 4.78 is 0. The lowest BCUT2D eigenvalue weighted by Crippen LogP contribution is -2.19. The predicted octanol–water partition coefficient (Wildman–Crippen LogP) is 2.16. The molecule has 1 N–H and O–H groups in total. The first-order valence-electron chi connectivity index (χ1n) is 5.60. The van der Waals surface area contributed by atoms with Crippen molar-refractivity contribution in [2.24, 2.45) is 0 Å². The van der Waals surface area contributed by atoms with Crippen LogP contribution in [0.25, 0.3) is 0 Å². The number of nitriles is 1. The summed E-state index contributed by atoms with van der Waals surface area (Å²) in [6.45, 7) is 1.18. The Balaban J connectivity index is 2.52. The van der Waals surface area contributed by atoms with Gasteiger partial charge < -0.3 is 10.0 Å². The Labute approximate surface area is 96.9 Å². The zero-order chi connectivity index (χ0) is 11.8. The molecule has 0 bridgehead atoms. The van der Waals surface area contributed by atoms with Gasteiger partial charge in [0, 0.05) is 20.2 Å². The van der Waals surface area contributed by atoms with E-state index in [1.165, 1.54) is 0 Å². The number of aliphatic hydroxyl groups excluding tert-OH is 1. The van der Waals surface area contributed by atoms with Crippen LogP contribution < -0.4 is 4.90 Å². The highest BCUT2D eigenvalue weighted by Crippen LogP contribution is 2.18. The number of para-hydroxylation sites is 1. The fourth-order valence-electron chi connectivity index (χ4n) is 1.66. The van der Waals surface area contributed by atoms with Crippen molar-refractivity contribution in [3.05, 3.63) is 29.8 Å². The van der Waals surface area contributed by atoms with Gasteiger partial charge in [0.15, 0.2) is 0 Å². The lowest BCUT2D eigenvalue weighted by molar-refractivity contribution is 0.283. The third-order valence-electron chi connectivity index (χ3n) is 2.59. The normalized spacial score (nSPS) is 9.81. The highest BCUT2D eigenvalue weighted by molar-refractivity contribution is 5.58. The number of hydrogen-bond donors (Lipinski definition) is 1. The average Bonchev–Trinajstić information content (AvgIpc) is 2.34. The molecule has 0 aromatic heterocycles. The van der Waals surface area contributed by atoms with Crippen molar-refractivity contribution in [3.8, 4) is 6.07 Å². The maximum atomic E-state index is 8.97. The summed E-state index contributed by atoms with van der Waals surface area (Å²) in [7, 11) is 2.00. The number of anilines is 1. The monoisotopic (exact) mass is 218 g/mol. The molecule has 0 aliphatic rings. The van der Waals surface area contributed by atoms with Crippen LogP contribution in [0.5, 0.6) is 0 Å². The van der Waals surface area contributed by atoms with Gasteiger partial charge >= 0.3 is 0 Å². The first-order chi connectivity index (χ1) is 7.79. The Bertz CT molecular complexity index is 357. The molecule has 0 spiro atoms. The van der Waals surface area contributed by atoms with E-state index in [9.17, 15) is 0 Å². The minimum atomic E-state index is 0.262. The number of aliphatic hydroxyl groups is 1. The molecule has 0 amide bonds. The van der Waals surface area contributed by atoms with E-state index in [1.54, 1.807) is 0 Å². The van der Waals surface area contributed by atoms with E-state index in [1.807, 2.05) is 31.3 Å². The summed E-state index contributed by atoms with van der Waals surface area (Å²) in [6.07, 6.45) is 2.92. The van der Waals surface area contributed by atoms with Gasteiger partial charge in [-0.3, -0.25) is 0 Å². The molecular weight excluding hydrogens is 200 g/mol. The highest BCUT2D eigenvalue weighted by Gasteiger charge is 2.05. The molecule has 3 heteroatoms. The summed E-state index contributed by atoms with van der Waals surface area (Å²) in [5.74, 6) is 0. The molecule has 0 fully saturated rings. The quantitative estimate of drug-likeness (QED) is 0.744. The number of rotatable bonds is 6. The molecule has 0 aliphatic carbocycles. The van der Waals surface area contributed by atoms with Crippen molar-refractivity contribution < 1.29 is 5.11 Å². The summed E-state index contributed by atoms with van der Waals surface area (Å²) in [5, 5.41) is 17.6. The summed E-state index contributed by atoms with van der Waals surface area (Å²) in [5.41, 5.74) is 1.70. The number of benzene rings is 1. The summed E-state index contributed by atoms with van der Waals surface area (Å²) in [6, 6.07) is 9.81. The lowest BCUT2D eigenvalue weighted by atomic mass is 10.1. The first kappa shape index (κ1) is 12.5. The molecule has 3 nitrogen and oxygen atoms in total. The van der Waals surface area contributed by atoms with Crippen LogP contribution in [0.4, 0.5) is 5.69 Å². The predicted molar refractivity (Wildman–Crippen MR) is 65.4 cm³/mol. The van der Waals surface area contributed by atoms with Crippen molar-refractivity contribution in [2.75, 3.05) is 25.1 Å². The minimum Gasteiger partial charge on any atom is -0.396 e. The van der Waals surface area contributed by atoms with Gasteiger partial charge in [0.1, 0.15) is 6.07 Å². The maximum absolute atomic E-state index is 8.97. The summed E-state index contributed by atoms with van der Waals surface area (Å²) in [4.78, 5) is 2.09.